The highest BCUT2D eigenvalue weighted by atomic mass is 16.5. The minimum atomic E-state index is 0.476. The van der Waals surface area contributed by atoms with Crippen LogP contribution in [0.3, 0.4) is 0 Å². The van der Waals surface area contributed by atoms with Crippen molar-refractivity contribution in [2.24, 2.45) is 0 Å². The van der Waals surface area contributed by atoms with Crippen molar-refractivity contribution < 1.29 is 9.26 Å². The Morgan fingerprint density at radius 2 is 2.14 bits per heavy atom. The Balaban J connectivity index is 1.81. The first kappa shape index (κ1) is 13.4. The number of aromatic nitrogens is 4. The molecule has 0 saturated heterocycles. The molecule has 0 radical (unpaired) electrons. The summed E-state index contributed by atoms with van der Waals surface area (Å²) in [6, 6.07) is 5.92. The summed E-state index contributed by atoms with van der Waals surface area (Å²) < 4.78 is 10.5. The SMILES string of the molecule is COc1ccc(Cc2nc(-c3ncc(C)[nH]3)no2)c(C)c1. The molecule has 0 saturated carbocycles. The number of hydrogen-bond acceptors (Lipinski definition) is 5. The summed E-state index contributed by atoms with van der Waals surface area (Å²) in [7, 11) is 1.66. The van der Waals surface area contributed by atoms with Gasteiger partial charge in [0.25, 0.3) is 0 Å². The van der Waals surface area contributed by atoms with Crippen molar-refractivity contribution in [1.82, 2.24) is 20.1 Å². The van der Waals surface area contributed by atoms with Crippen molar-refractivity contribution in [2.75, 3.05) is 7.11 Å². The number of imidazole rings is 1. The first-order valence-corrected chi connectivity index (χ1v) is 6.64. The van der Waals surface area contributed by atoms with Gasteiger partial charge in [-0.2, -0.15) is 4.98 Å². The largest absolute Gasteiger partial charge is 0.497 e. The second-order valence-corrected chi connectivity index (χ2v) is 4.90. The number of aryl methyl sites for hydroxylation is 2. The lowest BCUT2D eigenvalue weighted by molar-refractivity contribution is 0.385. The maximum Gasteiger partial charge on any atom is 0.238 e. The predicted octanol–water partition coefficient (Wildman–Crippen LogP) is 2.68. The Labute approximate surface area is 122 Å². The van der Waals surface area contributed by atoms with Crippen molar-refractivity contribution in [3.63, 3.8) is 0 Å². The van der Waals surface area contributed by atoms with Crippen LogP contribution in [0.15, 0.2) is 28.9 Å². The zero-order valence-electron chi connectivity index (χ0n) is 12.2. The summed E-state index contributed by atoms with van der Waals surface area (Å²) in [5, 5.41) is 3.95. The molecule has 0 fully saturated rings. The second-order valence-electron chi connectivity index (χ2n) is 4.90. The van der Waals surface area contributed by atoms with Crippen molar-refractivity contribution in [2.45, 2.75) is 20.3 Å². The highest BCUT2D eigenvalue weighted by Gasteiger charge is 2.12. The molecule has 6 nitrogen and oxygen atoms in total. The molecule has 3 rings (SSSR count). The van der Waals surface area contributed by atoms with Gasteiger partial charge in [-0.05, 0) is 37.1 Å². The van der Waals surface area contributed by atoms with Gasteiger partial charge in [-0.25, -0.2) is 4.98 Å². The quantitative estimate of drug-likeness (QED) is 0.797. The normalized spacial score (nSPS) is 10.8. The summed E-state index contributed by atoms with van der Waals surface area (Å²) in [6.45, 7) is 3.96. The molecule has 0 aliphatic carbocycles. The minimum Gasteiger partial charge on any atom is -0.497 e. The van der Waals surface area contributed by atoms with E-state index in [0.717, 1.165) is 22.6 Å². The molecule has 0 bridgehead atoms. The van der Waals surface area contributed by atoms with Crippen LogP contribution >= 0.6 is 0 Å². The maximum absolute atomic E-state index is 5.29. The minimum absolute atomic E-state index is 0.476. The fraction of sp³-hybridized carbons (Fsp3) is 0.267. The average Bonchev–Trinajstić information content (AvgIpc) is 3.10. The van der Waals surface area contributed by atoms with Gasteiger partial charge in [0, 0.05) is 11.9 Å². The van der Waals surface area contributed by atoms with E-state index in [4.69, 9.17) is 9.26 Å². The number of H-pyrrole nitrogens is 1. The summed E-state index contributed by atoms with van der Waals surface area (Å²) >= 11 is 0. The number of hydrogen-bond donors (Lipinski definition) is 1. The molecule has 2 heterocycles. The number of benzene rings is 1. The van der Waals surface area contributed by atoms with Crippen molar-refractivity contribution in [1.29, 1.82) is 0 Å². The van der Waals surface area contributed by atoms with Gasteiger partial charge in [0.05, 0.1) is 13.5 Å². The first-order valence-electron chi connectivity index (χ1n) is 6.64. The van der Waals surface area contributed by atoms with Gasteiger partial charge in [0.15, 0.2) is 5.82 Å². The van der Waals surface area contributed by atoms with E-state index in [9.17, 15) is 0 Å². The van der Waals surface area contributed by atoms with Crippen LogP contribution in [-0.2, 0) is 6.42 Å². The molecule has 0 atom stereocenters. The fourth-order valence-electron chi connectivity index (χ4n) is 2.11. The van der Waals surface area contributed by atoms with Gasteiger partial charge in [0.2, 0.25) is 11.7 Å². The van der Waals surface area contributed by atoms with Gasteiger partial charge in [0.1, 0.15) is 5.75 Å². The molecule has 108 valence electrons. The smallest absolute Gasteiger partial charge is 0.238 e. The van der Waals surface area contributed by atoms with E-state index in [0.29, 0.717) is 24.0 Å². The van der Waals surface area contributed by atoms with Crippen molar-refractivity contribution in [3.8, 4) is 17.4 Å². The topological polar surface area (TPSA) is 76.8 Å². The van der Waals surface area contributed by atoms with Crippen LogP contribution in [0, 0.1) is 13.8 Å². The van der Waals surface area contributed by atoms with E-state index in [2.05, 4.69) is 20.1 Å². The lowest BCUT2D eigenvalue weighted by Crippen LogP contribution is -1.94. The van der Waals surface area contributed by atoms with E-state index in [1.807, 2.05) is 32.0 Å². The number of ether oxygens (including phenoxy) is 1. The second kappa shape index (κ2) is 5.40. The molecular formula is C15H16N4O2. The van der Waals surface area contributed by atoms with Gasteiger partial charge >= 0.3 is 0 Å². The van der Waals surface area contributed by atoms with Crippen LogP contribution in [0.2, 0.25) is 0 Å². The van der Waals surface area contributed by atoms with E-state index in [1.54, 1.807) is 13.3 Å². The van der Waals surface area contributed by atoms with Gasteiger partial charge in [-0.3, -0.25) is 0 Å². The maximum atomic E-state index is 5.29. The fourth-order valence-corrected chi connectivity index (χ4v) is 2.11. The Kier molecular flexibility index (Phi) is 3.43. The van der Waals surface area contributed by atoms with Gasteiger partial charge < -0.3 is 14.2 Å². The molecular weight excluding hydrogens is 268 g/mol. The molecule has 21 heavy (non-hydrogen) atoms. The molecule has 0 amide bonds. The summed E-state index contributed by atoms with van der Waals surface area (Å²) in [5.74, 6) is 2.50. The Morgan fingerprint density at radius 1 is 1.29 bits per heavy atom. The van der Waals surface area contributed by atoms with Crippen LogP contribution in [0.5, 0.6) is 5.75 Å². The van der Waals surface area contributed by atoms with Crippen molar-refractivity contribution >= 4 is 0 Å². The zero-order chi connectivity index (χ0) is 14.8. The van der Waals surface area contributed by atoms with Crippen LogP contribution in [-0.4, -0.2) is 27.2 Å². The van der Waals surface area contributed by atoms with E-state index >= 15 is 0 Å². The molecule has 1 aromatic carbocycles. The summed E-state index contributed by atoms with van der Waals surface area (Å²) in [4.78, 5) is 11.6. The first-order chi connectivity index (χ1) is 10.2. The molecule has 0 aliphatic heterocycles. The molecule has 0 spiro atoms. The summed E-state index contributed by atoms with van der Waals surface area (Å²) in [6.07, 6.45) is 2.32. The molecule has 0 unspecified atom stereocenters. The lowest BCUT2D eigenvalue weighted by atomic mass is 10.1. The van der Waals surface area contributed by atoms with Crippen LogP contribution in [0.1, 0.15) is 22.7 Å². The lowest BCUT2D eigenvalue weighted by Gasteiger charge is -2.05. The van der Waals surface area contributed by atoms with E-state index < -0.39 is 0 Å². The van der Waals surface area contributed by atoms with Crippen molar-refractivity contribution in [3.05, 3.63) is 47.1 Å². The number of nitrogens with one attached hydrogen (secondary N) is 1. The highest BCUT2D eigenvalue weighted by Crippen LogP contribution is 2.20. The monoisotopic (exact) mass is 284 g/mol. The zero-order valence-corrected chi connectivity index (χ0v) is 12.2. The summed E-state index contributed by atoms with van der Waals surface area (Å²) in [5.41, 5.74) is 3.21. The number of methoxy groups -OCH3 is 1. The number of nitrogens with zero attached hydrogens (tertiary/aromatic N) is 3. The van der Waals surface area contributed by atoms with Crippen LogP contribution in [0.25, 0.3) is 11.6 Å². The van der Waals surface area contributed by atoms with E-state index in [-0.39, 0.29) is 0 Å². The molecule has 0 aliphatic rings. The third-order valence-corrected chi connectivity index (χ3v) is 3.27. The standard InChI is InChI=1S/C15H16N4O2/c1-9-6-12(20-3)5-4-11(9)7-13-18-15(19-21-13)14-16-8-10(2)17-14/h4-6,8H,7H2,1-3H3,(H,16,17). The Bertz CT molecular complexity index is 761. The highest BCUT2D eigenvalue weighted by molar-refractivity contribution is 5.42. The third-order valence-electron chi connectivity index (χ3n) is 3.27. The Morgan fingerprint density at radius 3 is 2.81 bits per heavy atom. The molecule has 3 aromatic rings. The number of rotatable bonds is 4. The number of aromatic amines is 1. The molecule has 1 N–H and O–H groups in total. The molecule has 2 aromatic heterocycles. The average molecular weight is 284 g/mol. The third kappa shape index (κ3) is 2.79. The molecule has 6 heteroatoms. The predicted molar refractivity (Wildman–Crippen MR) is 77.2 cm³/mol. The van der Waals surface area contributed by atoms with Gasteiger partial charge in [-0.1, -0.05) is 11.2 Å². The van der Waals surface area contributed by atoms with Gasteiger partial charge in [-0.15, -0.1) is 0 Å². The van der Waals surface area contributed by atoms with Crippen LogP contribution in [0.4, 0.5) is 0 Å². The Hall–Kier alpha value is -2.63. The van der Waals surface area contributed by atoms with E-state index in [1.165, 1.54) is 0 Å². The van der Waals surface area contributed by atoms with Crippen LogP contribution < -0.4 is 4.74 Å².